The lowest BCUT2D eigenvalue weighted by Crippen LogP contribution is -2.36. The van der Waals surface area contributed by atoms with Crippen molar-refractivity contribution in [1.82, 2.24) is 0 Å². The van der Waals surface area contributed by atoms with Gasteiger partial charge < -0.3 is 19.3 Å². The lowest BCUT2D eigenvalue weighted by Gasteiger charge is -2.31. The van der Waals surface area contributed by atoms with Crippen LogP contribution in [0.1, 0.15) is 46.1 Å². The number of ether oxygens (including phenoxy) is 3. The highest BCUT2D eigenvalue weighted by Gasteiger charge is 2.42. The van der Waals surface area contributed by atoms with Crippen molar-refractivity contribution in [2.75, 3.05) is 19.8 Å². The molecule has 28 heavy (non-hydrogen) atoms. The fourth-order valence-electron chi connectivity index (χ4n) is 3.40. The van der Waals surface area contributed by atoms with E-state index in [0.717, 1.165) is 0 Å². The zero-order valence-electron chi connectivity index (χ0n) is 16.9. The third-order valence-electron chi connectivity index (χ3n) is 4.51. The predicted molar refractivity (Wildman–Crippen MR) is 105 cm³/mol. The van der Waals surface area contributed by atoms with Crippen molar-refractivity contribution in [1.29, 1.82) is 0 Å². The number of allylic oxidation sites excluding steroid dienone is 1. The number of carbonyl (C=O) groups excluding carboxylic acids is 2. The molecule has 7 nitrogen and oxygen atoms in total. The first-order valence-electron chi connectivity index (χ1n) is 9.40. The maximum atomic E-state index is 12.7. The molecule has 1 aliphatic heterocycles. The maximum Gasteiger partial charge on any atom is 0.336 e. The van der Waals surface area contributed by atoms with Gasteiger partial charge in [0.2, 0.25) is 0 Å². The molecule has 2 rings (SSSR count). The van der Waals surface area contributed by atoms with Crippen LogP contribution in [0.3, 0.4) is 0 Å². The summed E-state index contributed by atoms with van der Waals surface area (Å²) in [7, 11) is 0. The second-order valence-corrected chi connectivity index (χ2v) is 6.34. The summed E-state index contributed by atoms with van der Waals surface area (Å²) in [5, 5.41) is 10.0. The minimum absolute atomic E-state index is 0.0159. The Morgan fingerprint density at radius 1 is 1.07 bits per heavy atom. The van der Waals surface area contributed by atoms with E-state index < -0.39 is 23.8 Å². The molecule has 0 bridgehead atoms. The second-order valence-electron chi connectivity index (χ2n) is 6.34. The largest absolute Gasteiger partial charge is 0.504 e. The number of rotatable bonds is 7. The molecule has 7 heteroatoms. The number of benzene rings is 1. The molecule has 2 atom stereocenters. The van der Waals surface area contributed by atoms with Crippen LogP contribution in [0.2, 0.25) is 0 Å². The summed E-state index contributed by atoms with van der Waals surface area (Å²) in [5.74, 6) is -2.16. The molecule has 1 heterocycles. The van der Waals surface area contributed by atoms with Gasteiger partial charge in [-0.2, -0.15) is 0 Å². The summed E-state index contributed by atoms with van der Waals surface area (Å²) in [5.41, 5.74) is 1.99. The van der Waals surface area contributed by atoms with E-state index in [0.29, 0.717) is 29.2 Å². The van der Waals surface area contributed by atoms with E-state index in [2.05, 4.69) is 4.99 Å². The number of hydrogen-bond acceptors (Lipinski definition) is 7. The summed E-state index contributed by atoms with van der Waals surface area (Å²) in [6, 6.07) is 4.79. The number of phenolic OH excluding ortho intramolecular Hbond substituents is 1. The summed E-state index contributed by atoms with van der Waals surface area (Å²) in [6.07, 6.45) is 0. The van der Waals surface area contributed by atoms with Gasteiger partial charge in [-0.3, -0.25) is 9.79 Å². The number of aromatic hydroxyl groups is 1. The van der Waals surface area contributed by atoms with E-state index in [4.69, 9.17) is 14.2 Å². The van der Waals surface area contributed by atoms with Crippen LogP contribution < -0.4 is 4.74 Å². The molecule has 0 radical (unpaired) electrons. The van der Waals surface area contributed by atoms with E-state index in [9.17, 15) is 14.7 Å². The lowest BCUT2D eigenvalue weighted by molar-refractivity contribution is -0.146. The van der Waals surface area contributed by atoms with Crippen LogP contribution in [0.5, 0.6) is 11.5 Å². The Hall–Kier alpha value is -2.83. The summed E-state index contributed by atoms with van der Waals surface area (Å²) < 4.78 is 16.0. The fourth-order valence-corrected chi connectivity index (χ4v) is 3.40. The molecule has 0 saturated heterocycles. The standard InChI is InChI=1S/C21H27NO6/c1-6-26-16-11-14(9-10-15(16)23)19-17(20(24)27-7-2)12(4)22-13(5)18(19)21(25)28-8-3/h9-11,17,19,23H,6-8H2,1-5H3/t17?,19-/m0/s1. The average molecular weight is 389 g/mol. The van der Waals surface area contributed by atoms with Crippen molar-refractivity contribution < 1.29 is 28.9 Å². The van der Waals surface area contributed by atoms with Crippen LogP contribution in [-0.4, -0.2) is 42.6 Å². The van der Waals surface area contributed by atoms with Crippen LogP contribution >= 0.6 is 0 Å². The molecule has 0 saturated carbocycles. The highest BCUT2D eigenvalue weighted by Crippen LogP contribution is 2.42. The first kappa shape index (κ1) is 21.5. The molecule has 0 fully saturated rings. The maximum absolute atomic E-state index is 12.7. The minimum atomic E-state index is -0.776. The smallest absolute Gasteiger partial charge is 0.336 e. The first-order valence-corrected chi connectivity index (χ1v) is 9.40. The molecule has 152 valence electrons. The Morgan fingerprint density at radius 3 is 2.36 bits per heavy atom. The second kappa shape index (κ2) is 9.39. The molecule has 0 amide bonds. The van der Waals surface area contributed by atoms with Gasteiger partial charge in [-0.15, -0.1) is 0 Å². The molecular formula is C21H27NO6. The average Bonchev–Trinajstić information content (AvgIpc) is 2.63. The van der Waals surface area contributed by atoms with Crippen molar-refractivity contribution in [3.63, 3.8) is 0 Å². The number of carbonyl (C=O) groups is 2. The Bertz CT molecular complexity index is 811. The Morgan fingerprint density at radius 2 is 1.75 bits per heavy atom. The van der Waals surface area contributed by atoms with Gasteiger partial charge in [0.15, 0.2) is 11.5 Å². The van der Waals surface area contributed by atoms with Crippen LogP contribution in [-0.2, 0) is 19.1 Å². The van der Waals surface area contributed by atoms with Crippen molar-refractivity contribution in [3.8, 4) is 11.5 Å². The molecular weight excluding hydrogens is 362 g/mol. The number of hydrogen-bond donors (Lipinski definition) is 1. The molecule has 0 aromatic heterocycles. The van der Waals surface area contributed by atoms with E-state index >= 15 is 0 Å². The molecule has 0 spiro atoms. The van der Waals surface area contributed by atoms with Gasteiger partial charge in [0.1, 0.15) is 5.92 Å². The highest BCUT2D eigenvalue weighted by molar-refractivity contribution is 6.07. The first-order chi connectivity index (χ1) is 13.3. The van der Waals surface area contributed by atoms with Gasteiger partial charge in [0.25, 0.3) is 0 Å². The molecule has 1 aromatic carbocycles. The molecule has 1 aliphatic rings. The van der Waals surface area contributed by atoms with Crippen molar-refractivity contribution in [2.45, 2.75) is 40.5 Å². The van der Waals surface area contributed by atoms with E-state index in [1.807, 2.05) is 0 Å². The molecule has 1 unspecified atom stereocenters. The number of aliphatic imine (C=N–C) groups is 1. The van der Waals surface area contributed by atoms with Gasteiger partial charge in [-0.1, -0.05) is 6.07 Å². The number of phenols is 1. The van der Waals surface area contributed by atoms with E-state index in [1.165, 1.54) is 6.07 Å². The topological polar surface area (TPSA) is 94.4 Å². The molecule has 0 aliphatic carbocycles. The third-order valence-corrected chi connectivity index (χ3v) is 4.51. The SMILES string of the molecule is CCOC(=O)C1=C(C)N=C(C)C(C(=O)OCC)[C@@H]1c1ccc(O)c(OCC)c1. The van der Waals surface area contributed by atoms with Gasteiger partial charge in [-0.05, 0) is 52.3 Å². The monoisotopic (exact) mass is 389 g/mol. The predicted octanol–water partition coefficient (Wildman–Crippen LogP) is 3.37. The Kier molecular flexibility index (Phi) is 7.20. The van der Waals surface area contributed by atoms with E-state index in [-0.39, 0.29) is 24.7 Å². The van der Waals surface area contributed by atoms with Crippen LogP contribution in [0.4, 0.5) is 0 Å². The Balaban J connectivity index is 2.66. The van der Waals surface area contributed by atoms with Crippen molar-refractivity contribution in [3.05, 3.63) is 35.0 Å². The number of esters is 2. The van der Waals surface area contributed by atoms with E-state index in [1.54, 1.807) is 46.8 Å². The van der Waals surface area contributed by atoms with Crippen LogP contribution in [0.15, 0.2) is 34.5 Å². The van der Waals surface area contributed by atoms with Crippen LogP contribution in [0.25, 0.3) is 0 Å². The Labute approximate surface area is 165 Å². The zero-order valence-corrected chi connectivity index (χ0v) is 16.9. The molecule has 1 N–H and O–H groups in total. The van der Waals surface area contributed by atoms with Crippen molar-refractivity contribution >= 4 is 17.7 Å². The summed E-state index contributed by atoms with van der Waals surface area (Å²) in [6.45, 7) is 9.49. The summed E-state index contributed by atoms with van der Waals surface area (Å²) in [4.78, 5) is 29.9. The molecule has 1 aromatic rings. The highest BCUT2D eigenvalue weighted by atomic mass is 16.5. The fraction of sp³-hybridized carbons (Fsp3) is 0.476. The lowest BCUT2D eigenvalue weighted by atomic mass is 9.75. The summed E-state index contributed by atoms with van der Waals surface area (Å²) >= 11 is 0. The quantitative estimate of drug-likeness (QED) is 0.719. The zero-order chi connectivity index (χ0) is 20.8. The normalized spacial score (nSPS) is 19.1. The number of nitrogens with zero attached hydrogens (tertiary/aromatic N) is 1. The van der Waals surface area contributed by atoms with Gasteiger partial charge in [-0.25, -0.2) is 4.79 Å². The van der Waals surface area contributed by atoms with Gasteiger partial charge >= 0.3 is 11.9 Å². The van der Waals surface area contributed by atoms with Crippen LogP contribution in [0, 0.1) is 5.92 Å². The third kappa shape index (κ3) is 4.35. The van der Waals surface area contributed by atoms with Gasteiger partial charge in [0.05, 0.1) is 25.4 Å². The minimum Gasteiger partial charge on any atom is -0.504 e. The van der Waals surface area contributed by atoms with Gasteiger partial charge in [0, 0.05) is 17.3 Å². The van der Waals surface area contributed by atoms with Crippen molar-refractivity contribution in [2.24, 2.45) is 10.9 Å².